The largest absolute Gasteiger partial charge is 0.381 e. The molecule has 1 aromatic heterocycles. The van der Waals surface area contributed by atoms with Crippen LogP contribution < -0.4 is 5.73 Å². The molecule has 0 bridgehead atoms. The van der Waals surface area contributed by atoms with Crippen LogP contribution in [0.25, 0.3) is 0 Å². The fourth-order valence-electron chi connectivity index (χ4n) is 2.71. The minimum Gasteiger partial charge on any atom is -0.381 e. The molecule has 6 heteroatoms. The van der Waals surface area contributed by atoms with Gasteiger partial charge in [0.05, 0.1) is 0 Å². The smallest absolute Gasteiger partial charge is 0.229 e. The van der Waals surface area contributed by atoms with Crippen LogP contribution in [-0.4, -0.2) is 36.5 Å². The molecule has 1 aromatic rings. The highest BCUT2D eigenvalue weighted by molar-refractivity contribution is 5.04. The average Bonchev–Trinajstić information content (AvgIpc) is 2.98. The van der Waals surface area contributed by atoms with Crippen molar-refractivity contribution in [3.63, 3.8) is 0 Å². The normalized spacial score (nSPS) is 21.1. The van der Waals surface area contributed by atoms with Crippen molar-refractivity contribution >= 4 is 0 Å². The van der Waals surface area contributed by atoms with E-state index in [1.54, 1.807) is 7.11 Å². The molecule has 0 aliphatic carbocycles. The van der Waals surface area contributed by atoms with Gasteiger partial charge >= 0.3 is 0 Å². The lowest BCUT2D eigenvalue weighted by Gasteiger charge is -2.32. The van der Waals surface area contributed by atoms with Gasteiger partial charge in [0, 0.05) is 45.1 Å². The molecular weight excluding hydrogens is 270 g/mol. The predicted octanol–water partition coefficient (Wildman–Crippen LogP) is 2.34. The third kappa shape index (κ3) is 4.02. The van der Waals surface area contributed by atoms with Crippen LogP contribution in [0.1, 0.15) is 63.6 Å². The molecule has 1 aliphatic heterocycles. The number of nitrogens with two attached hydrogens (primary N) is 1. The van der Waals surface area contributed by atoms with Crippen LogP contribution in [-0.2, 0) is 15.1 Å². The van der Waals surface area contributed by atoms with Gasteiger partial charge in [-0.15, -0.1) is 0 Å². The number of ether oxygens (including phenoxy) is 2. The monoisotopic (exact) mass is 297 g/mol. The molecule has 2 N–H and O–H groups in total. The van der Waals surface area contributed by atoms with Crippen LogP contribution in [0, 0.1) is 0 Å². The maximum absolute atomic E-state index is 5.77. The molecule has 2 rings (SSSR count). The van der Waals surface area contributed by atoms with E-state index in [1.165, 1.54) is 0 Å². The first-order valence-electron chi connectivity index (χ1n) is 7.80. The summed E-state index contributed by atoms with van der Waals surface area (Å²) in [5.41, 5.74) is 5.32. The summed E-state index contributed by atoms with van der Waals surface area (Å²) in [6.07, 6.45) is 4.62. The molecule has 0 spiro atoms. The minimum absolute atomic E-state index is 0.245. The molecule has 1 saturated heterocycles. The quantitative estimate of drug-likeness (QED) is 0.831. The lowest BCUT2D eigenvalue weighted by molar-refractivity contribution is -0.101. The summed E-state index contributed by atoms with van der Waals surface area (Å²) in [7, 11) is 1.70. The van der Waals surface area contributed by atoms with Gasteiger partial charge in [-0.2, -0.15) is 4.98 Å². The fourth-order valence-corrected chi connectivity index (χ4v) is 2.71. The molecule has 2 heterocycles. The molecule has 6 nitrogen and oxygen atoms in total. The third-order valence-corrected chi connectivity index (χ3v) is 4.26. The molecule has 2 unspecified atom stereocenters. The topological polar surface area (TPSA) is 83.4 Å². The summed E-state index contributed by atoms with van der Waals surface area (Å²) in [5.74, 6) is 1.60. The zero-order chi connectivity index (χ0) is 15.3. The van der Waals surface area contributed by atoms with E-state index < -0.39 is 5.60 Å². The van der Waals surface area contributed by atoms with E-state index in [1.807, 2.05) is 6.92 Å². The number of hydrogen-bond donors (Lipinski definition) is 1. The Labute approximate surface area is 126 Å². The van der Waals surface area contributed by atoms with Crippen molar-refractivity contribution in [2.45, 2.75) is 63.5 Å². The Morgan fingerprint density at radius 3 is 2.62 bits per heavy atom. The van der Waals surface area contributed by atoms with Crippen molar-refractivity contribution in [2.75, 3.05) is 20.3 Å². The highest BCUT2D eigenvalue weighted by atomic mass is 16.5. The van der Waals surface area contributed by atoms with Crippen LogP contribution in [0.2, 0.25) is 0 Å². The fraction of sp³-hybridized carbons (Fsp3) is 0.867. The summed E-state index contributed by atoms with van der Waals surface area (Å²) >= 11 is 0. The van der Waals surface area contributed by atoms with Gasteiger partial charge < -0.3 is 19.7 Å². The van der Waals surface area contributed by atoms with Crippen LogP contribution in [0.3, 0.4) is 0 Å². The van der Waals surface area contributed by atoms with Gasteiger partial charge in [-0.3, -0.25) is 0 Å². The van der Waals surface area contributed by atoms with E-state index in [0.29, 0.717) is 24.9 Å². The van der Waals surface area contributed by atoms with Gasteiger partial charge in [0.2, 0.25) is 11.7 Å². The van der Waals surface area contributed by atoms with Gasteiger partial charge in [-0.1, -0.05) is 18.5 Å². The Kier molecular flexibility index (Phi) is 5.72. The van der Waals surface area contributed by atoms with E-state index in [0.717, 1.165) is 32.1 Å². The molecule has 0 aromatic carbocycles. The SMILES string of the molecule is COC1(c2noc(C(C)CCCC(C)N)n2)CCOCC1. The summed E-state index contributed by atoms with van der Waals surface area (Å²) in [4.78, 5) is 4.59. The first-order valence-corrected chi connectivity index (χ1v) is 7.80. The minimum atomic E-state index is -0.453. The number of rotatable bonds is 7. The summed E-state index contributed by atoms with van der Waals surface area (Å²) in [6.45, 7) is 5.48. The van der Waals surface area contributed by atoms with Gasteiger partial charge in [0.25, 0.3) is 0 Å². The van der Waals surface area contributed by atoms with Crippen LogP contribution in [0.4, 0.5) is 0 Å². The number of methoxy groups -OCH3 is 1. The van der Waals surface area contributed by atoms with Crippen molar-refractivity contribution in [3.05, 3.63) is 11.7 Å². The van der Waals surface area contributed by atoms with Crippen molar-refractivity contribution in [1.29, 1.82) is 0 Å². The zero-order valence-corrected chi connectivity index (χ0v) is 13.3. The third-order valence-electron chi connectivity index (χ3n) is 4.26. The Morgan fingerprint density at radius 2 is 2.00 bits per heavy atom. The van der Waals surface area contributed by atoms with E-state index in [4.69, 9.17) is 19.7 Å². The molecule has 2 atom stereocenters. The number of nitrogens with zero attached hydrogens (tertiary/aromatic N) is 2. The molecule has 0 saturated carbocycles. The Balaban J connectivity index is 1.99. The second-order valence-electron chi connectivity index (χ2n) is 6.08. The Hall–Kier alpha value is -0.980. The molecule has 120 valence electrons. The number of aromatic nitrogens is 2. The van der Waals surface area contributed by atoms with Crippen molar-refractivity contribution < 1.29 is 14.0 Å². The molecular formula is C15H27N3O3. The highest BCUT2D eigenvalue weighted by Crippen LogP contribution is 2.34. The van der Waals surface area contributed by atoms with E-state index in [2.05, 4.69) is 17.1 Å². The summed E-state index contributed by atoms with van der Waals surface area (Å²) in [6, 6.07) is 0.245. The predicted molar refractivity (Wildman–Crippen MR) is 79.0 cm³/mol. The van der Waals surface area contributed by atoms with Crippen LogP contribution in [0.5, 0.6) is 0 Å². The molecule has 0 amide bonds. The van der Waals surface area contributed by atoms with Crippen LogP contribution >= 0.6 is 0 Å². The lowest BCUT2D eigenvalue weighted by Crippen LogP contribution is -2.36. The first-order chi connectivity index (χ1) is 10.1. The van der Waals surface area contributed by atoms with Crippen molar-refractivity contribution in [3.8, 4) is 0 Å². The van der Waals surface area contributed by atoms with E-state index >= 15 is 0 Å². The molecule has 1 aliphatic rings. The van der Waals surface area contributed by atoms with E-state index in [-0.39, 0.29) is 12.0 Å². The second kappa shape index (κ2) is 7.33. The first kappa shape index (κ1) is 16.4. The molecule has 0 radical (unpaired) electrons. The van der Waals surface area contributed by atoms with Crippen molar-refractivity contribution in [1.82, 2.24) is 10.1 Å². The second-order valence-corrected chi connectivity index (χ2v) is 6.08. The maximum Gasteiger partial charge on any atom is 0.229 e. The zero-order valence-electron chi connectivity index (χ0n) is 13.3. The highest BCUT2D eigenvalue weighted by Gasteiger charge is 2.39. The summed E-state index contributed by atoms with van der Waals surface area (Å²) < 4.78 is 16.5. The van der Waals surface area contributed by atoms with Gasteiger partial charge in [-0.05, 0) is 19.8 Å². The summed E-state index contributed by atoms with van der Waals surface area (Å²) in [5, 5.41) is 4.16. The number of hydrogen-bond acceptors (Lipinski definition) is 6. The van der Waals surface area contributed by atoms with Gasteiger partial charge in [0.1, 0.15) is 5.60 Å². The lowest BCUT2D eigenvalue weighted by atomic mass is 9.93. The Morgan fingerprint density at radius 1 is 1.29 bits per heavy atom. The van der Waals surface area contributed by atoms with Gasteiger partial charge in [0.15, 0.2) is 0 Å². The van der Waals surface area contributed by atoms with Gasteiger partial charge in [-0.25, -0.2) is 0 Å². The molecule has 1 fully saturated rings. The maximum atomic E-state index is 5.77. The van der Waals surface area contributed by atoms with Crippen LogP contribution in [0.15, 0.2) is 4.52 Å². The average molecular weight is 297 g/mol. The standard InChI is InChI=1S/C15H27N3O3/c1-11(5-4-6-12(2)16)13-17-14(18-21-13)15(19-3)7-9-20-10-8-15/h11-12H,4-10,16H2,1-3H3. The Bertz CT molecular complexity index is 428. The molecule has 21 heavy (non-hydrogen) atoms. The van der Waals surface area contributed by atoms with E-state index in [9.17, 15) is 0 Å². The van der Waals surface area contributed by atoms with Crippen molar-refractivity contribution in [2.24, 2.45) is 5.73 Å².